The van der Waals surface area contributed by atoms with Gasteiger partial charge in [-0.05, 0) is 47.5 Å². The van der Waals surface area contributed by atoms with E-state index in [1.54, 1.807) is 30.3 Å². The van der Waals surface area contributed by atoms with Crippen LogP contribution in [0.5, 0.6) is 5.75 Å². The lowest BCUT2D eigenvalue weighted by Gasteiger charge is -2.09. The smallest absolute Gasteiger partial charge is 0.131 e. The molecular weight excluding hydrogens is 308 g/mol. The first kappa shape index (κ1) is 15.7. The van der Waals surface area contributed by atoms with Crippen LogP contribution in [0.25, 0.3) is 11.1 Å². The van der Waals surface area contributed by atoms with Crippen LogP contribution in [0.2, 0.25) is 0 Å². The summed E-state index contributed by atoms with van der Waals surface area (Å²) in [5, 5.41) is 8.74. The molecule has 0 aliphatic heterocycles. The highest BCUT2D eigenvalue weighted by Crippen LogP contribution is 2.25. The SMILES string of the molecule is N#Cc1ccc(COc2cccc(-c3cccc(F)c3)c2)c(F)c1. The second kappa shape index (κ2) is 6.93. The molecule has 0 unspecified atom stereocenters. The van der Waals surface area contributed by atoms with E-state index in [9.17, 15) is 8.78 Å². The summed E-state index contributed by atoms with van der Waals surface area (Å²) in [5.41, 5.74) is 2.19. The molecule has 3 aromatic carbocycles. The van der Waals surface area contributed by atoms with Gasteiger partial charge in [0.1, 0.15) is 24.0 Å². The topological polar surface area (TPSA) is 33.0 Å². The Bertz CT molecular complexity index is 916. The predicted octanol–water partition coefficient (Wildman–Crippen LogP) is 5.08. The molecule has 118 valence electrons. The van der Waals surface area contributed by atoms with Gasteiger partial charge in [-0.2, -0.15) is 5.26 Å². The van der Waals surface area contributed by atoms with Gasteiger partial charge in [0, 0.05) is 5.56 Å². The van der Waals surface area contributed by atoms with Crippen LogP contribution in [0.1, 0.15) is 11.1 Å². The Labute approximate surface area is 138 Å². The van der Waals surface area contributed by atoms with E-state index in [1.165, 1.54) is 24.3 Å². The summed E-state index contributed by atoms with van der Waals surface area (Å²) in [4.78, 5) is 0. The number of hydrogen-bond acceptors (Lipinski definition) is 2. The predicted molar refractivity (Wildman–Crippen MR) is 87.3 cm³/mol. The van der Waals surface area contributed by atoms with Crippen LogP contribution in [0, 0.1) is 23.0 Å². The number of rotatable bonds is 4. The minimum Gasteiger partial charge on any atom is -0.489 e. The molecule has 2 nitrogen and oxygen atoms in total. The van der Waals surface area contributed by atoms with Crippen LogP contribution in [0.4, 0.5) is 8.78 Å². The molecule has 0 radical (unpaired) electrons. The van der Waals surface area contributed by atoms with Gasteiger partial charge in [-0.25, -0.2) is 8.78 Å². The monoisotopic (exact) mass is 321 g/mol. The van der Waals surface area contributed by atoms with E-state index in [4.69, 9.17) is 10.00 Å². The molecule has 0 fully saturated rings. The lowest BCUT2D eigenvalue weighted by Crippen LogP contribution is -1.99. The van der Waals surface area contributed by atoms with E-state index in [-0.39, 0.29) is 18.0 Å². The molecular formula is C20H13F2NO. The maximum absolute atomic E-state index is 13.9. The Hall–Kier alpha value is -3.19. The Morgan fingerprint density at radius 2 is 1.62 bits per heavy atom. The van der Waals surface area contributed by atoms with Crippen molar-refractivity contribution in [2.45, 2.75) is 6.61 Å². The van der Waals surface area contributed by atoms with E-state index in [1.807, 2.05) is 18.2 Å². The van der Waals surface area contributed by atoms with Crippen LogP contribution < -0.4 is 4.74 Å². The first-order valence-corrected chi connectivity index (χ1v) is 7.33. The summed E-state index contributed by atoms with van der Waals surface area (Å²) in [5.74, 6) is -0.227. The van der Waals surface area contributed by atoms with Crippen molar-refractivity contribution in [1.29, 1.82) is 5.26 Å². The van der Waals surface area contributed by atoms with Gasteiger partial charge in [-0.1, -0.05) is 30.3 Å². The van der Waals surface area contributed by atoms with Gasteiger partial charge in [0.15, 0.2) is 0 Å². The summed E-state index contributed by atoms with van der Waals surface area (Å²) in [6, 6.07) is 19.6. The van der Waals surface area contributed by atoms with Gasteiger partial charge in [0.25, 0.3) is 0 Å². The van der Waals surface area contributed by atoms with E-state index >= 15 is 0 Å². The van der Waals surface area contributed by atoms with E-state index in [0.717, 1.165) is 11.1 Å². The lowest BCUT2D eigenvalue weighted by molar-refractivity contribution is 0.300. The molecule has 0 spiro atoms. The quantitative estimate of drug-likeness (QED) is 0.671. The summed E-state index contributed by atoms with van der Waals surface area (Å²) >= 11 is 0. The van der Waals surface area contributed by atoms with Gasteiger partial charge >= 0.3 is 0 Å². The third-order valence-corrected chi connectivity index (χ3v) is 3.57. The Morgan fingerprint density at radius 1 is 0.875 bits per heavy atom. The van der Waals surface area contributed by atoms with Gasteiger partial charge in [-0.3, -0.25) is 0 Å². The standard InChI is InChI=1S/C20H13F2NO/c21-18-5-1-3-15(10-18)16-4-2-6-19(11-16)24-13-17-8-7-14(12-23)9-20(17)22/h1-11H,13H2. The summed E-state index contributed by atoms with van der Waals surface area (Å²) in [6.45, 7) is 0.0458. The van der Waals surface area contributed by atoms with Crippen molar-refractivity contribution in [2.75, 3.05) is 0 Å². The molecule has 3 rings (SSSR count). The van der Waals surface area contributed by atoms with Gasteiger partial charge < -0.3 is 4.74 Å². The molecule has 0 bridgehead atoms. The minimum atomic E-state index is -0.477. The van der Waals surface area contributed by atoms with Crippen molar-refractivity contribution in [3.05, 3.63) is 89.5 Å². The van der Waals surface area contributed by atoms with Crippen molar-refractivity contribution in [2.24, 2.45) is 0 Å². The molecule has 0 heterocycles. The molecule has 0 aliphatic rings. The fraction of sp³-hybridized carbons (Fsp3) is 0.0500. The number of nitrogens with zero attached hydrogens (tertiary/aromatic N) is 1. The molecule has 0 amide bonds. The molecule has 3 aromatic rings. The number of ether oxygens (including phenoxy) is 1. The zero-order valence-corrected chi connectivity index (χ0v) is 12.7. The Morgan fingerprint density at radius 3 is 2.33 bits per heavy atom. The summed E-state index contributed by atoms with van der Waals surface area (Å²) < 4.78 is 32.8. The Balaban J connectivity index is 1.77. The van der Waals surface area contributed by atoms with Crippen molar-refractivity contribution in [1.82, 2.24) is 0 Å². The van der Waals surface area contributed by atoms with Crippen molar-refractivity contribution < 1.29 is 13.5 Å². The number of halogens is 2. The molecule has 0 saturated heterocycles. The average Bonchev–Trinajstić information content (AvgIpc) is 2.61. The maximum atomic E-state index is 13.9. The summed E-state index contributed by atoms with van der Waals surface area (Å²) in [6.07, 6.45) is 0. The van der Waals surface area contributed by atoms with Crippen molar-refractivity contribution >= 4 is 0 Å². The second-order valence-electron chi connectivity index (χ2n) is 5.24. The molecule has 0 atom stereocenters. The van der Waals surface area contributed by atoms with Crippen LogP contribution in [0.3, 0.4) is 0 Å². The van der Waals surface area contributed by atoms with E-state index < -0.39 is 5.82 Å². The highest BCUT2D eigenvalue weighted by molar-refractivity contribution is 5.65. The highest BCUT2D eigenvalue weighted by Gasteiger charge is 2.06. The summed E-state index contributed by atoms with van der Waals surface area (Å²) in [7, 11) is 0. The average molecular weight is 321 g/mol. The zero-order chi connectivity index (χ0) is 16.9. The maximum Gasteiger partial charge on any atom is 0.131 e. The second-order valence-corrected chi connectivity index (χ2v) is 5.24. The van der Waals surface area contributed by atoms with Crippen LogP contribution >= 0.6 is 0 Å². The molecule has 0 N–H and O–H groups in total. The fourth-order valence-electron chi connectivity index (χ4n) is 2.33. The van der Waals surface area contributed by atoms with Crippen molar-refractivity contribution in [3.8, 4) is 22.9 Å². The third-order valence-electron chi connectivity index (χ3n) is 3.57. The molecule has 24 heavy (non-hydrogen) atoms. The Kier molecular flexibility index (Phi) is 4.53. The van der Waals surface area contributed by atoms with Crippen LogP contribution in [-0.4, -0.2) is 0 Å². The number of hydrogen-bond donors (Lipinski definition) is 0. The van der Waals surface area contributed by atoms with Crippen LogP contribution in [0.15, 0.2) is 66.7 Å². The van der Waals surface area contributed by atoms with Crippen molar-refractivity contribution in [3.63, 3.8) is 0 Å². The lowest BCUT2D eigenvalue weighted by atomic mass is 10.1. The highest BCUT2D eigenvalue weighted by atomic mass is 19.1. The first-order valence-electron chi connectivity index (χ1n) is 7.33. The number of benzene rings is 3. The molecule has 0 aliphatic carbocycles. The van der Waals surface area contributed by atoms with Crippen LogP contribution in [-0.2, 0) is 6.61 Å². The normalized spacial score (nSPS) is 10.2. The fourth-order valence-corrected chi connectivity index (χ4v) is 2.33. The number of nitriles is 1. The molecule has 0 aromatic heterocycles. The molecule has 0 saturated carbocycles. The van der Waals surface area contributed by atoms with E-state index in [0.29, 0.717) is 11.3 Å². The van der Waals surface area contributed by atoms with Gasteiger partial charge in [0.2, 0.25) is 0 Å². The van der Waals surface area contributed by atoms with Gasteiger partial charge in [0.05, 0.1) is 11.6 Å². The minimum absolute atomic E-state index is 0.0458. The molecule has 4 heteroatoms. The zero-order valence-electron chi connectivity index (χ0n) is 12.7. The van der Waals surface area contributed by atoms with Gasteiger partial charge in [-0.15, -0.1) is 0 Å². The third kappa shape index (κ3) is 3.58. The first-order chi connectivity index (χ1) is 11.7. The largest absolute Gasteiger partial charge is 0.489 e. The van der Waals surface area contributed by atoms with E-state index in [2.05, 4.69) is 0 Å².